The highest BCUT2D eigenvalue weighted by atomic mass is 79.9. The van der Waals surface area contributed by atoms with E-state index in [0.29, 0.717) is 0 Å². The van der Waals surface area contributed by atoms with Gasteiger partial charge in [-0.05, 0) is 31.9 Å². The van der Waals surface area contributed by atoms with E-state index in [0.717, 1.165) is 15.8 Å². The molecule has 0 amide bonds. The Morgan fingerprint density at radius 1 is 1.36 bits per heavy atom. The Hall–Kier alpha value is -0.280. The van der Waals surface area contributed by atoms with Crippen LogP contribution in [0.15, 0.2) is 24.3 Å². The lowest BCUT2D eigenvalue weighted by Gasteiger charge is -1.95. The molecule has 0 aromatic heterocycles. The van der Waals surface area contributed by atoms with Crippen molar-refractivity contribution in [2.45, 2.75) is 6.92 Å². The van der Waals surface area contributed by atoms with Gasteiger partial charge in [-0.1, -0.05) is 29.8 Å². The summed E-state index contributed by atoms with van der Waals surface area (Å²) in [6, 6.07) is 7.50. The molecule has 0 radical (unpaired) electrons. The van der Waals surface area contributed by atoms with E-state index in [1.54, 1.807) is 0 Å². The number of carbonyl (C=O) groups excluding carboxylic acids is 1. The maximum atomic E-state index is 11.0. The predicted octanol–water partition coefficient (Wildman–Crippen LogP) is 3.18. The van der Waals surface area contributed by atoms with Crippen LogP contribution in [0.25, 0.3) is 0 Å². The van der Waals surface area contributed by atoms with E-state index in [4.69, 9.17) is 0 Å². The molecule has 0 aliphatic rings. The van der Waals surface area contributed by atoms with Crippen molar-refractivity contribution in [3.05, 3.63) is 35.4 Å². The van der Waals surface area contributed by atoms with Gasteiger partial charge in [-0.15, -0.1) is 0 Å². The van der Waals surface area contributed by atoms with Crippen molar-refractivity contribution in [2.24, 2.45) is 0 Å². The Morgan fingerprint density at radius 3 is 2.36 bits per heavy atom. The smallest absolute Gasteiger partial charge is 0.230 e. The first kappa shape index (κ1) is 8.81. The third kappa shape index (κ3) is 2.34. The molecule has 1 aromatic carbocycles. The second-order valence-corrected chi connectivity index (χ2v) is 3.73. The van der Waals surface area contributed by atoms with Gasteiger partial charge in [-0.3, -0.25) is 4.79 Å². The maximum Gasteiger partial charge on any atom is 0.230 e. The number of carbonyl (C=O) groups is 1. The quantitative estimate of drug-likeness (QED) is 0.738. The number of rotatable bonds is 1. The van der Waals surface area contributed by atoms with Gasteiger partial charge >= 0.3 is 0 Å². The lowest BCUT2D eigenvalue weighted by atomic mass is 10.2. The van der Waals surface area contributed by atoms with E-state index in [2.05, 4.69) is 14.8 Å². The van der Waals surface area contributed by atoms with Crippen LogP contribution < -0.4 is 0 Å². The molecule has 0 spiro atoms. The van der Waals surface area contributed by atoms with Crippen LogP contribution in [0.3, 0.4) is 0 Å². The van der Waals surface area contributed by atoms with Crippen LogP contribution in [0.4, 0.5) is 0 Å². The van der Waals surface area contributed by atoms with Gasteiger partial charge in [-0.2, -0.15) is 0 Å². The third-order valence-electron chi connectivity index (χ3n) is 1.36. The second-order valence-electron chi connectivity index (χ2n) is 2.23. The highest BCUT2D eigenvalue weighted by molar-refractivity contribution is 9.52. The molecule has 0 aliphatic heterocycles. The van der Waals surface area contributed by atoms with Gasteiger partial charge in [0, 0.05) is 5.56 Å². The highest BCUT2D eigenvalue weighted by Gasteiger charge is 2.02. The molecule has 0 N–H and O–H groups in total. The summed E-state index contributed by atoms with van der Waals surface area (Å²) >= 11 is 3.04. The van der Waals surface area contributed by atoms with E-state index in [-0.39, 0.29) is 5.12 Å². The highest BCUT2D eigenvalue weighted by Crippen LogP contribution is 2.18. The molecule has 1 nitrogen and oxygen atoms in total. The molecule has 1 aromatic rings. The van der Waals surface area contributed by atoms with Crippen molar-refractivity contribution in [1.29, 1.82) is 0 Å². The summed E-state index contributed by atoms with van der Waals surface area (Å²) in [5, 5.41) is 0.0463. The van der Waals surface area contributed by atoms with E-state index in [9.17, 15) is 4.79 Å². The van der Waals surface area contributed by atoms with Crippen LogP contribution in [0.5, 0.6) is 0 Å². The summed E-state index contributed by atoms with van der Waals surface area (Å²) in [5.74, 6) is 0. The van der Waals surface area contributed by atoms with E-state index >= 15 is 0 Å². The topological polar surface area (TPSA) is 17.1 Å². The van der Waals surface area contributed by atoms with Gasteiger partial charge in [0.05, 0.1) is 0 Å². The zero-order valence-electron chi connectivity index (χ0n) is 6.00. The largest absolute Gasteiger partial charge is 0.281 e. The van der Waals surface area contributed by atoms with E-state index in [1.165, 1.54) is 5.56 Å². The predicted molar refractivity (Wildman–Crippen MR) is 52.0 cm³/mol. The van der Waals surface area contributed by atoms with E-state index in [1.807, 2.05) is 31.2 Å². The van der Waals surface area contributed by atoms with Crippen molar-refractivity contribution in [1.82, 2.24) is 0 Å². The minimum Gasteiger partial charge on any atom is -0.281 e. The average molecular weight is 231 g/mol. The van der Waals surface area contributed by atoms with Gasteiger partial charge in [-0.25, -0.2) is 0 Å². The molecule has 0 saturated carbocycles. The molecule has 0 aliphatic carbocycles. The maximum absolute atomic E-state index is 11.0. The van der Waals surface area contributed by atoms with Crippen LogP contribution in [0.2, 0.25) is 0 Å². The fourth-order valence-corrected chi connectivity index (χ4v) is 1.52. The van der Waals surface area contributed by atoms with Crippen molar-refractivity contribution in [3.63, 3.8) is 0 Å². The zero-order chi connectivity index (χ0) is 8.27. The van der Waals surface area contributed by atoms with Crippen LogP contribution in [-0.2, 0) is 0 Å². The molecule has 1 rings (SSSR count). The first-order chi connectivity index (χ1) is 5.24. The molecule has 0 fully saturated rings. The molecule has 0 bridgehead atoms. The minimum atomic E-state index is 0.0463. The van der Waals surface area contributed by atoms with Crippen molar-refractivity contribution >= 4 is 30.1 Å². The summed E-state index contributed by atoms with van der Waals surface area (Å²) in [7, 11) is 1.06. The van der Waals surface area contributed by atoms with Gasteiger partial charge < -0.3 is 0 Å². The second kappa shape index (κ2) is 3.93. The Balaban J connectivity index is 2.90. The van der Waals surface area contributed by atoms with Crippen molar-refractivity contribution in [3.8, 4) is 0 Å². The van der Waals surface area contributed by atoms with Crippen LogP contribution >= 0.6 is 25.0 Å². The Labute approximate surface area is 77.4 Å². The van der Waals surface area contributed by atoms with Crippen LogP contribution in [-0.4, -0.2) is 5.12 Å². The molecule has 3 heteroatoms. The lowest BCUT2D eigenvalue weighted by Crippen LogP contribution is -1.88. The first-order valence-electron chi connectivity index (χ1n) is 3.13. The zero-order valence-corrected chi connectivity index (χ0v) is 8.41. The lowest BCUT2D eigenvalue weighted by molar-refractivity contribution is 0.109. The summed E-state index contributed by atoms with van der Waals surface area (Å²) in [6.07, 6.45) is 0. The number of halogens is 1. The number of hydrogen-bond acceptors (Lipinski definition) is 2. The number of benzene rings is 1. The SMILES string of the molecule is Cc1ccc(C(=O)SBr)cc1. The van der Waals surface area contributed by atoms with Crippen molar-refractivity contribution < 1.29 is 4.79 Å². The average Bonchev–Trinajstić information content (AvgIpc) is 2.05. The summed E-state index contributed by atoms with van der Waals surface area (Å²) in [6.45, 7) is 2.00. The number of aryl methyl sites for hydroxylation is 1. The van der Waals surface area contributed by atoms with Gasteiger partial charge in [0.1, 0.15) is 0 Å². The summed E-state index contributed by atoms with van der Waals surface area (Å²) < 4.78 is 0. The standard InChI is InChI=1S/C8H7BrOS/c1-6-2-4-7(5-3-6)8(10)11-9/h2-5H,1H3. The normalized spacial score (nSPS) is 9.64. The van der Waals surface area contributed by atoms with Crippen LogP contribution in [0, 0.1) is 6.92 Å². The van der Waals surface area contributed by atoms with Gasteiger partial charge in [0.15, 0.2) is 0 Å². The monoisotopic (exact) mass is 230 g/mol. The molecule has 0 heterocycles. The summed E-state index contributed by atoms with van der Waals surface area (Å²) in [4.78, 5) is 11.0. The summed E-state index contributed by atoms with van der Waals surface area (Å²) in [5.41, 5.74) is 1.90. The molecule has 0 unspecified atom stereocenters. The Morgan fingerprint density at radius 2 is 1.91 bits per heavy atom. The van der Waals surface area contributed by atoms with E-state index < -0.39 is 0 Å². The third-order valence-corrected chi connectivity index (χ3v) is 2.62. The molecular formula is C8H7BrOS. The molecule has 11 heavy (non-hydrogen) atoms. The fourth-order valence-electron chi connectivity index (χ4n) is 0.734. The van der Waals surface area contributed by atoms with Gasteiger partial charge in [0.25, 0.3) is 0 Å². The minimum absolute atomic E-state index is 0.0463. The van der Waals surface area contributed by atoms with Crippen LogP contribution in [0.1, 0.15) is 15.9 Å². The Kier molecular flexibility index (Phi) is 3.15. The molecule has 0 atom stereocenters. The van der Waals surface area contributed by atoms with Gasteiger partial charge in [0.2, 0.25) is 5.12 Å². The molecular weight excluding hydrogens is 224 g/mol. The first-order valence-corrected chi connectivity index (χ1v) is 5.79. The van der Waals surface area contributed by atoms with Crippen molar-refractivity contribution in [2.75, 3.05) is 0 Å². The number of hydrogen-bond donors (Lipinski definition) is 0. The molecule has 58 valence electrons. The molecule has 0 saturated heterocycles. The fraction of sp³-hybridized carbons (Fsp3) is 0.125. The Bertz CT molecular complexity index is 255.